The minimum Gasteiger partial charge on any atom is -0.497 e. The number of ether oxygens (including phenoxy) is 4. The summed E-state index contributed by atoms with van der Waals surface area (Å²) in [6, 6.07) is -5.39. The summed E-state index contributed by atoms with van der Waals surface area (Å²) in [5.41, 5.74) is 5.88. The second kappa shape index (κ2) is 35.7. The summed E-state index contributed by atoms with van der Waals surface area (Å²) < 4.78 is 22.9. The maximum Gasteiger partial charge on any atom is 0.329 e. The summed E-state index contributed by atoms with van der Waals surface area (Å²) in [6.45, 7) is 17.8. The van der Waals surface area contributed by atoms with E-state index in [1.165, 1.54) is 51.8 Å². The first-order chi connectivity index (χ1) is 45.1. The van der Waals surface area contributed by atoms with Crippen molar-refractivity contribution < 1.29 is 91.2 Å². The maximum absolute atomic E-state index is 15.2. The Labute approximate surface area is 561 Å². The van der Waals surface area contributed by atoms with E-state index in [0.29, 0.717) is 30.6 Å². The lowest BCUT2D eigenvalue weighted by Gasteiger charge is -2.36. The van der Waals surface area contributed by atoms with Gasteiger partial charge in [0.2, 0.25) is 53.2 Å². The third kappa shape index (κ3) is 20.9. The highest BCUT2D eigenvalue weighted by Gasteiger charge is 2.47. The van der Waals surface area contributed by atoms with E-state index in [0.717, 1.165) is 9.80 Å². The van der Waals surface area contributed by atoms with Crippen LogP contribution in [0.15, 0.2) is 24.3 Å². The van der Waals surface area contributed by atoms with Gasteiger partial charge in [0.25, 0.3) is 5.91 Å². The molecule has 10 amide bonds. The van der Waals surface area contributed by atoms with Gasteiger partial charge in [-0.05, 0) is 114 Å². The van der Waals surface area contributed by atoms with Crippen molar-refractivity contribution in [3.63, 3.8) is 0 Å². The summed E-state index contributed by atoms with van der Waals surface area (Å²) in [7, 11) is 4.17. The van der Waals surface area contributed by atoms with Gasteiger partial charge >= 0.3 is 17.9 Å². The van der Waals surface area contributed by atoms with Gasteiger partial charge in [-0.25, -0.2) is 9.59 Å². The number of nitrogens with one attached hydrogen (secondary N) is 5. The molecular weight excluding hydrogens is 1250 g/mol. The number of benzene rings is 1. The van der Waals surface area contributed by atoms with Crippen LogP contribution < -0.4 is 37.1 Å². The Hall–Kier alpha value is -8.24. The lowest BCUT2D eigenvalue weighted by atomic mass is 9.91. The molecule has 4 heterocycles. The molecule has 5 rings (SSSR count). The number of carbonyl (C=O) groups excluding carboxylic acids is 14. The highest BCUT2D eigenvalue weighted by Crippen LogP contribution is 2.28. The van der Waals surface area contributed by atoms with Crippen molar-refractivity contribution in [1.29, 1.82) is 0 Å². The molecule has 15 atom stereocenters. The van der Waals surface area contributed by atoms with Gasteiger partial charge in [0, 0.05) is 46.4 Å². The number of likely N-dealkylation sites (tertiary alicyclic amines) is 1. The zero-order valence-corrected chi connectivity index (χ0v) is 58.0. The molecule has 4 fully saturated rings. The van der Waals surface area contributed by atoms with Crippen LogP contribution >= 0.6 is 0 Å². The fraction of sp³-hybridized carbons (Fsp3) is 0.701. The first-order valence-electron chi connectivity index (χ1n) is 33.5. The van der Waals surface area contributed by atoms with Crippen LogP contribution in [0.4, 0.5) is 0 Å². The number of ketones is 1. The Morgan fingerprint density at radius 2 is 1.49 bits per heavy atom. The molecule has 4 saturated heterocycles. The Bertz CT molecular complexity index is 3000. The number of rotatable bonds is 22. The van der Waals surface area contributed by atoms with E-state index in [9.17, 15) is 53.1 Å². The Balaban J connectivity index is 1.54. The lowest BCUT2D eigenvalue weighted by Crippen LogP contribution is -2.62. The number of aliphatic hydroxyl groups is 1. The van der Waals surface area contributed by atoms with Crippen molar-refractivity contribution in [1.82, 2.24) is 46.2 Å². The maximum atomic E-state index is 15.2. The van der Waals surface area contributed by atoms with Gasteiger partial charge in [-0.2, -0.15) is 0 Å². The molecule has 0 bridgehead atoms. The first kappa shape index (κ1) is 78.5. The number of primary amides is 1. The minimum absolute atomic E-state index is 0.0193. The van der Waals surface area contributed by atoms with Gasteiger partial charge in [-0.3, -0.25) is 57.5 Å². The number of fused-ring (bicyclic) bond motifs is 1. The molecule has 1 aromatic carbocycles. The van der Waals surface area contributed by atoms with Crippen LogP contribution in [0.2, 0.25) is 0 Å². The number of nitrogens with two attached hydrogens (primary N) is 1. The van der Waals surface area contributed by atoms with Crippen molar-refractivity contribution in [2.45, 2.75) is 238 Å². The van der Waals surface area contributed by atoms with Crippen molar-refractivity contribution in [3.8, 4) is 5.75 Å². The van der Waals surface area contributed by atoms with Gasteiger partial charge in [0.15, 0.2) is 18.0 Å². The SMILES string of the molecule is CC[C@H](C)[C@H]1NC(=O)[C@@H](NC(=O)[C@@H](CC(C)C)N(C)C(=O)[C@@H]2CCCN2C(=O)[C@H](C)OC(=O)[C@H](CCC(N)=O)NC(=O)[C@@H]2CCC(=O)N2)[C@@H](C)OC(=O)[C@H](Cc2ccc(OC)cc2)N(C)C(=O)[C@@H]2CCCN2C(=O)[C@H](CC(C)C)NC(=O)[C@H](C)C(=O)[C@H](C(C)C)OC(=O)C[C@@H]1O. The number of methoxy groups -OCH3 is 1. The van der Waals surface area contributed by atoms with Crippen LogP contribution in [0.5, 0.6) is 5.75 Å². The molecule has 0 saturated carbocycles. The summed E-state index contributed by atoms with van der Waals surface area (Å²) >= 11 is 0. The molecule has 8 N–H and O–H groups in total. The third-order valence-electron chi connectivity index (χ3n) is 18.4. The average Bonchev–Trinajstić information content (AvgIpc) is 1.60. The van der Waals surface area contributed by atoms with E-state index in [-0.39, 0.29) is 88.6 Å². The zero-order valence-electron chi connectivity index (χ0n) is 58.0. The second-order valence-corrected chi connectivity index (χ2v) is 27.1. The third-order valence-corrected chi connectivity index (χ3v) is 18.4. The molecule has 0 spiro atoms. The van der Waals surface area contributed by atoms with Crippen molar-refractivity contribution in [2.24, 2.45) is 35.3 Å². The summed E-state index contributed by atoms with van der Waals surface area (Å²) in [6.07, 6.45) is -6.48. The van der Waals surface area contributed by atoms with Gasteiger partial charge in [0.05, 0.1) is 31.6 Å². The Morgan fingerprint density at radius 3 is 2.07 bits per heavy atom. The van der Waals surface area contributed by atoms with Crippen molar-refractivity contribution in [3.05, 3.63) is 29.8 Å². The predicted molar refractivity (Wildman–Crippen MR) is 346 cm³/mol. The average molecular weight is 1350 g/mol. The first-order valence-corrected chi connectivity index (χ1v) is 33.5. The van der Waals surface area contributed by atoms with Crippen molar-refractivity contribution >= 4 is 82.8 Å². The smallest absolute Gasteiger partial charge is 0.329 e. The fourth-order valence-electron chi connectivity index (χ4n) is 12.4. The number of carbonyl (C=O) groups is 14. The molecule has 0 radical (unpaired) electrons. The van der Waals surface area contributed by atoms with Gasteiger partial charge in [0.1, 0.15) is 60.2 Å². The van der Waals surface area contributed by atoms with Crippen LogP contribution in [0, 0.1) is 29.6 Å². The molecule has 0 unspecified atom stereocenters. The molecule has 29 nitrogen and oxygen atoms in total. The number of hydrogen-bond acceptors (Lipinski definition) is 19. The fourth-order valence-corrected chi connectivity index (χ4v) is 12.4. The monoisotopic (exact) mass is 1350 g/mol. The largest absolute Gasteiger partial charge is 0.497 e. The molecule has 4 aliphatic heterocycles. The molecule has 4 aliphatic rings. The van der Waals surface area contributed by atoms with Crippen LogP contribution in [0.25, 0.3) is 0 Å². The Morgan fingerprint density at radius 1 is 0.833 bits per heavy atom. The minimum atomic E-state index is -1.86. The normalized spacial score (nSPS) is 26.6. The van der Waals surface area contributed by atoms with E-state index in [1.807, 2.05) is 13.8 Å². The number of Topliss-reactive ketones (excluding diaryl/α,β-unsaturated/α-hetero) is 1. The molecular formula is C67H102N10O19. The van der Waals surface area contributed by atoms with Crippen molar-refractivity contribution in [2.75, 3.05) is 34.3 Å². The van der Waals surface area contributed by atoms with E-state index >= 15 is 19.2 Å². The summed E-state index contributed by atoms with van der Waals surface area (Å²) in [4.78, 5) is 202. The lowest BCUT2D eigenvalue weighted by molar-refractivity contribution is -0.163. The molecule has 0 aliphatic carbocycles. The van der Waals surface area contributed by atoms with E-state index in [4.69, 9.17) is 24.7 Å². The van der Waals surface area contributed by atoms with Crippen LogP contribution in [0.3, 0.4) is 0 Å². The number of aliphatic hydroxyl groups excluding tert-OH is 1. The number of esters is 3. The second-order valence-electron chi connectivity index (χ2n) is 27.1. The number of likely N-dealkylation sites (N-methyl/N-ethyl adjacent to an activating group) is 2. The van der Waals surface area contributed by atoms with Gasteiger partial charge in [-0.1, -0.05) is 73.9 Å². The number of amides is 10. The Kier molecular flexibility index (Phi) is 29.1. The quantitative estimate of drug-likeness (QED) is 0.0482. The summed E-state index contributed by atoms with van der Waals surface area (Å²) in [5.74, 6) is -14.2. The number of hydrogen-bond donors (Lipinski definition) is 7. The van der Waals surface area contributed by atoms with Gasteiger partial charge in [-0.15, -0.1) is 0 Å². The van der Waals surface area contributed by atoms with E-state index in [2.05, 4.69) is 26.6 Å². The highest BCUT2D eigenvalue weighted by molar-refractivity contribution is 6.05. The summed E-state index contributed by atoms with van der Waals surface area (Å²) in [5, 5.41) is 25.2. The topological polar surface area (TPSA) is 395 Å². The van der Waals surface area contributed by atoms with Crippen LogP contribution in [-0.4, -0.2) is 221 Å². The van der Waals surface area contributed by atoms with Crippen LogP contribution in [-0.2, 0) is 87.8 Å². The zero-order chi connectivity index (χ0) is 71.7. The predicted octanol–water partition coefficient (Wildman–Crippen LogP) is 0.896. The van der Waals surface area contributed by atoms with Gasteiger partial charge < -0.3 is 76.0 Å². The molecule has 29 heteroatoms. The number of cyclic esters (lactones) is 2. The van der Waals surface area contributed by atoms with Crippen LogP contribution in [0.1, 0.15) is 159 Å². The van der Waals surface area contributed by atoms with E-state index < -0.39 is 180 Å². The molecule has 1 aromatic rings. The molecule has 0 aromatic heterocycles. The number of nitrogens with zero attached hydrogens (tertiary/aromatic N) is 4. The highest BCUT2D eigenvalue weighted by atomic mass is 16.6. The standard InChI is InChI=1S/C67H102N10O19/c1-15-37(8)54-50(78)33-53(81)96-57(36(6)7)56(82)38(9)58(83)71-45(30-34(2)3)63(88)77-29-17-19-47(77)65(90)75(13)49(32-41-20-22-42(93-14)23-21-41)67(92)94-39(10)55(61(86)72-54)73-60(85)48(31-35(4)5)74(12)64(89)46-18-16-28-76(46)62(87)40(11)95-66(91)44(24-26-51(68)79)70-59(84)43-25-27-52(80)69-43/h20-23,34-40,43-50,54-55,57,78H,15-19,24-33H2,1-14H3,(H2,68,79)(H,69,80)(H,70,84)(H,71,83)(H,72,86)(H,73,85)/t37-,38+,39+,40-,43-,44-,45-,46-,47-,48+,49-,50-,54+,55-,57-/m0/s1. The molecule has 534 valence electrons. The molecule has 96 heavy (non-hydrogen) atoms. The van der Waals surface area contributed by atoms with E-state index in [1.54, 1.807) is 65.8 Å².